The summed E-state index contributed by atoms with van der Waals surface area (Å²) in [6.45, 7) is -0.857. The van der Waals surface area contributed by atoms with E-state index in [0.717, 1.165) is 12.3 Å². The average Bonchev–Trinajstić information content (AvgIpc) is 2.42. The number of nitrogens with two attached hydrogens (primary N) is 1. The van der Waals surface area contributed by atoms with Crippen LogP contribution in [0.2, 0.25) is 0 Å². The van der Waals surface area contributed by atoms with E-state index < -0.39 is 46.9 Å². The maximum Gasteiger partial charge on any atom is 0.323 e. The van der Waals surface area contributed by atoms with Gasteiger partial charge in [0.25, 0.3) is 5.56 Å². The van der Waals surface area contributed by atoms with Crippen molar-refractivity contribution in [1.82, 2.24) is 9.55 Å². The number of carbonyl (C=O) groups is 1. The van der Waals surface area contributed by atoms with E-state index in [9.17, 15) is 22.8 Å². The molecule has 0 saturated carbocycles. The van der Waals surface area contributed by atoms with Crippen molar-refractivity contribution in [3.8, 4) is 11.4 Å². The molecule has 2 rings (SSSR count). The van der Waals surface area contributed by atoms with Crippen molar-refractivity contribution in [3.63, 3.8) is 0 Å². The molecule has 0 bridgehead atoms. The molecule has 0 atom stereocenters. The van der Waals surface area contributed by atoms with Crippen LogP contribution in [0.3, 0.4) is 0 Å². The molecule has 1 aromatic carbocycles. The van der Waals surface area contributed by atoms with Crippen LogP contribution in [0.15, 0.2) is 23.1 Å². The van der Waals surface area contributed by atoms with Gasteiger partial charge < -0.3 is 10.8 Å². The van der Waals surface area contributed by atoms with Gasteiger partial charge in [0.15, 0.2) is 17.5 Å². The van der Waals surface area contributed by atoms with E-state index in [1.165, 1.54) is 0 Å². The van der Waals surface area contributed by atoms with Gasteiger partial charge in [0.05, 0.1) is 11.8 Å². The zero-order valence-electron chi connectivity index (χ0n) is 10.3. The highest BCUT2D eigenvalue weighted by Gasteiger charge is 2.20. The van der Waals surface area contributed by atoms with Crippen LogP contribution in [0.4, 0.5) is 18.9 Å². The van der Waals surface area contributed by atoms with Gasteiger partial charge in [-0.2, -0.15) is 0 Å². The van der Waals surface area contributed by atoms with Gasteiger partial charge in [-0.15, -0.1) is 0 Å². The standard InChI is InChI=1S/C12H8F3N3O3/c13-6-2-1-5(9(14)10(6)15)11-17-3-7(16)12(21)18(11)4-8(19)20/h1-3H,4,16H2,(H,19,20). The van der Waals surface area contributed by atoms with Crippen LogP contribution in [-0.2, 0) is 11.3 Å². The summed E-state index contributed by atoms with van der Waals surface area (Å²) < 4.78 is 40.5. The van der Waals surface area contributed by atoms with E-state index in [0.29, 0.717) is 10.6 Å². The molecule has 0 aliphatic heterocycles. The molecule has 0 saturated heterocycles. The number of aliphatic carboxylic acids is 1. The molecular formula is C12H8F3N3O3. The van der Waals surface area contributed by atoms with E-state index >= 15 is 0 Å². The second-order valence-corrected chi connectivity index (χ2v) is 4.05. The summed E-state index contributed by atoms with van der Waals surface area (Å²) in [5, 5.41) is 8.77. The number of nitrogens with zero attached hydrogens (tertiary/aromatic N) is 2. The Bertz CT molecular complexity index is 789. The number of hydrogen-bond donors (Lipinski definition) is 2. The van der Waals surface area contributed by atoms with Crippen molar-refractivity contribution in [3.05, 3.63) is 46.1 Å². The first kappa shape index (κ1) is 14.6. The highest BCUT2D eigenvalue weighted by molar-refractivity contribution is 5.68. The van der Waals surface area contributed by atoms with Crippen LogP contribution in [0, 0.1) is 17.5 Å². The van der Waals surface area contributed by atoms with Crippen LogP contribution in [0.1, 0.15) is 0 Å². The van der Waals surface area contributed by atoms with Crippen molar-refractivity contribution in [2.24, 2.45) is 0 Å². The number of nitrogen functional groups attached to an aromatic ring is 1. The molecular weight excluding hydrogens is 291 g/mol. The lowest BCUT2D eigenvalue weighted by Crippen LogP contribution is -2.28. The fourth-order valence-corrected chi connectivity index (χ4v) is 1.70. The predicted octanol–water partition coefficient (Wildman–Crippen LogP) is 0.994. The summed E-state index contributed by atoms with van der Waals surface area (Å²) in [7, 11) is 0. The van der Waals surface area contributed by atoms with Gasteiger partial charge in [0, 0.05) is 0 Å². The monoisotopic (exact) mass is 299 g/mol. The lowest BCUT2D eigenvalue weighted by atomic mass is 10.1. The minimum absolute atomic E-state index is 0.358. The molecule has 0 radical (unpaired) electrons. The molecule has 0 amide bonds. The topological polar surface area (TPSA) is 98.2 Å². The SMILES string of the molecule is Nc1cnc(-c2ccc(F)c(F)c2F)n(CC(=O)O)c1=O. The maximum absolute atomic E-state index is 13.7. The van der Waals surface area contributed by atoms with Gasteiger partial charge in [-0.05, 0) is 12.1 Å². The molecule has 3 N–H and O–H groups in total. The Morgan fingerprint density at radius 1 is 1.29 bits per heavy atom. The molecule has 1 heterocycles. The molecule has 0 fully saturated rings. The van der Waals surface area contributed by atoms with Crippen molar-refractivity contribution >= 4 is 11.7 Å². The van der Waals surface area contributed by atoms with Crippen molar-refractivity contribution in [2.45, 2.75) is 6.54 Å². The highest BCUT2D eigenvalue weighted by Crippen LogP contribution is 2.24. The number of anilines is 1. The summed E-state index contributed by atoms with van der Waals surface area (Å²) >= 11 is 0. The lowest BCUT2D eigenvalue weighted by molar-refractivity contribution is -0.137. The number of rotatable bonds is 3. The number of hydrogen-bond acceptors (Lipinski definition) is 4. The molecule has 2 aromatic rings. The first-order valence-electron chi connectivity index (χ1n) is 5.54. The summed E-state index contributed by atoms with van der Waals surface area (Å²) in [5.74, 6) is -6.62. The van der Waals surface area contributed by atoms with E-state index in [1.54, 1.807) is 0 Å². The van der Waals surface area contributed by atoms with E-state index in [2.05, 4.69) is 4.98 Å². The quantitative estimate of drug-likeness (QED) is 0.824. The summed E-state index contributed by atoms with van der Waals surface area (Å²) in [4.78, 5) is 26.2. The first-order chi connectivity index (χ1) is 9.82. The summed E-state index contributed by atoms with van der Waals surface area (Å²) in [6.07, 6.45) is 0.886. The van der Waals surface area contributed by atoms with Crippen molar-refractivity contribution < 1.29 is 23.1 Å². The highest BCUT2D eigenvalue weighted by atomic mass is 19.2. The third-order valence-corrected chi connectivity index (χ3v) is 2.64. The molecule has 1 aromatic heterocycles. The van der Waals surface area contributed by atoms with E-state index in [1.807, 2.05) is 0 Å². The number of carboxylic acid groups (broad SMARTS) is 1. The third kappa shape index (κ3) is 2.57. The normalized spacial score (nSPS) is 10.6. The Balaban J connectivity index is 2.75. The Morgan fingerprint density at radius 3 is 2.57 bits per heavy atom. The number of halogens is 3. The van der Waals surface area contributed by atoms with E-state index in [-0.39, 0.29) is 5.69 Å². The second-order valence-electron chi connectivity index (χ2n) is 4.05. The molecule has 0 aliphatic rings. The Kier molecular flexibility index (Phi) is 3.66. The first-order valence-corrected chi connectivity index (χ1v) is 5.54. The molecule has 0 spiro atoms. The molecule has 0 aliphatic carbocycles. The third-order valence-electron chi connectivity index (χ3n) is 2.64. The van der Waals surface area contributed by atoms with Gasteiger partial charge in [-0.1, -0.05) is 0 Å². The zero-order valence-corrected chi connectivity index (χ0v) is 10.3. The van der Waals surface area contributed by atoms with Gasteiger partial charge in [-0.3, -0.25) is 14.2 Å². The minimum Gasteiger partial charge on any atom is -0.480 e. The van der Waals surface area contributed by atoms with Crippen LogP contribution < -0.4 is 11.3 Å². The van der Waals surface area contributed by atoms with Crippen LogP contribution in [-0.4, -0.2) is 20.6 Å². The zero-order chi connectivity index (χ0) is 15.7. The molecule has 21 heavy (non-hydrogen) atoms. The van der Waals surface area contributed by atoms with Crippen LogP contribution in [0.25, 0.3) is 11.4 Å². The smallest absolute Gasteiger partial charge is 0.323 e. The lowest BCUT2D eigenvalue weighted by Gasteiger charge is -2.11. The van der Waals surface area contributed by atoms with Crippen molar-refractivity contribution in [2.75, 3.05) is 5.73 Å². The largest absolute Gasteiger partial charge is 0.480 e. The molecule has 6 nitrogen and oxygen atoms in total. The maximum atomic E-state index is 13.7. The fourth-order valence-electron chi connectivity index (χ4n) is 1.70. The number of benzene rings is 1. The Hall–Kier alpha value is -2.84. The Morgan fingerprint density at radius 2 is 1.95 bits per heavy atom. The minimum atomic E-state index is -1.75. The van der Waals surface area contributed by atoms with E-state index in [4.69, 9.17) is 10.8 Å². The van der Waals surface area contributed by atoms with Crippen molar-refractivity contribution in [1.29, 1.82) is 0 Å². The molecule has 0 unspecified atom stereocenters. The fraction of sp³-hybridized carbons (Fsp3) is 0.0833. The van der Waals surface area contributed by atoms with Gasteiger partial charge in [0.2, 0.25) is 0 Å². The van der Waals surface area contributed by atoms with Gasteiger partial charge in [0.1, 0.15) is 18.1 Å². The second kappa shape index (κ2) is 5.27. The number of aromatic nitrogens is 2. The summed E-state index contributed by atoms with van der Waals surface area (Å²) in [5.41, 5.74) is 3.49. The molecule has 110 valence electrons. The van der Waals surface area contributed by atoms with Crippen LogP contribution in [0.5, 0.6) is 0 Å². The van der Waals surface area contributed by atoms with Gasteiger partial charge >= 0.3 is 5.97 Å². The average molecular weight is 299 g/mol. The predicted molar refractivity (Wildman–Crippen MR) is 65.9 cm³/mol. The summed E-state index contributed by atoms with van der Waals surface area (Å²) in [6, 6.07) is 1.49. The van der Waals surface area contributed by atoms with Gasteiger partial charge in [-0.25, -0.2) is 18.2 Å². The number of carboxylic acids is 1. The van der Waals surface area contributed by atoms with Crippen LogP contribution >= 0.6 is 0 Å². The molecule has 9 heteroatoms. The Labute approximate surface area is 115 Å².